The summed E-state index contributed by atoms with van der Waals surface area (Å²) in [7, 11) is 2.95. The highest BCUT2D eigenvalue weighted by Crippen LogP contribution is 2.31. The third-order valence-corrected chi connectivity index (χ3v) is 5.16. The molecule has 1 aliphatic rings. The van der Waals surface area contributed by atoms with Gasteiger partial charge < -0.3 is 19.1 Å². The number of benzene rings is 2. The second-order valence-corrected chi connectivity index (χ2v) is 7.12. The Balaban J connectivity index is 1.82. The Bertz CT molecular complexity index is 1010. The van der Waals surface area contributed by atoms with Gasteiger partial charge in [-0.05, 0) is 48.5 Å². The molecule has 1 heterocycles. The molecule has 0 spiro atoms. The summed E-state index contributed by atoms with van der Waals surface area (Å²) in [6, 6.07) is 15.3. The van der Waals surface area contributed by atoms with Crippen LogP contribution in [0.4, 0.5) is 0 Å². The van der Waals surface area contributed by atoms with Crippen LogP contribution < -0.4 is 9.47 Å². The molecule has 0 atom stereocenters. The third kappa shape index (κ3) is 5.21. The first-order valence-electron chi connectivity index (χ1n) is 9.76. The average molecular weight is 441 g/mol. The molecule has 1 saturated heterocycles. The van der Waals surface area contributed by atoms with Gasteiger partial charge in [0.15, 0.2) is 16.6 Å². The minimum Gasteiger partial charge on any atom is -0.490 e. The van der Waals surface area contributed by atoms with Crippen LogP contribution in [-0.2, 0) is 20.9 Å². The van der Waals surface area contributed by atoms with Crippen molar-refractivity contribution in [1.82, 2.24) is 9.80 Å². The van der Waals surface area contributed by atoms with E-state index in [1.807, 2.05) is 55.5 Å². The maximum Gasteiger partial charge on any atom is 0.325 e. The van der Waals surface area contributed by atoms with Gasteiger partial charge in [0.05, 0.1) is 13.7 Å². The van der Waals surface area contributed by atoms with Gasteiger partial charge in [-0.25, -0.2) is 0 Å². The average Bonchev–Trinajstić information content (AvgIpc) is 2.97. The molecular formula is C23H24N2O5S. The lowest BCUT2D eigenvalue weighted by atomic mass is 10.1. The first-order chi connectivity index (χ1) is 14.9. The fourth-order valence-corrected chi connectivity index (χ4v) is 3.29. The molecule has 7 nitrogen and oxygen atoms in total. The minimum atomic E-state index is -0.538. The molecule has 0 N–H and O–H groups in total. The van der Waals surface area contributed by atoms with Gasteiger partial charge in [0.1, 0.15) is 18.8 Å². The molecular weight excluding hydrogens is 416 g/mol. The van der Waals surface area contributed by atoms with Gasteiger partial charge in [0.25, 0.3) is 5.91 Å². The molecule has 1 amide bonds. The van der Waals surface area contributed by atoms with Crippen molar-refractivity contribution in [1.29, 1.82) is 0 Å². The first-order valence-corrected chi connectivity index (χ1v) is 10.2. The second-order valence-electron chi connectivity index (χ2n) is 6.75. The maximum atomic E-state index is 12.8. The van der Waals surface area contributed by atoms with Crippen molar-refractivity contribution in [3.63, 3.8) is 0 Å². The molecule has 2 aromatic carbocycles. The van der Waals surface area contributed by atoms with E-state index in [1.54, 1.807) is 18.0 Å². The quantitative estimate of drug-likeness (QED) is 0.355. The predicted octanol–water partition coefficient (Wildman–Crippen LogP) is 3.24. The Kier molecular flexibility index (Phi) is 7.25. The van der Waals surface area contributed by atoms with Crippen molar-refractivity contribution in [2.75, 3.05) is 27.3 Å². The van der Waals surface area contributed by atoms with Crippen LogP contribution >= 0.6 is 12.2 Å². The number of rotatable bonds is 8. The predicted molar refractivity (Wildman–Crippen MR) is 120 cm³/mol. The van der Waals surface area contributed by atoms with E-state index in [4.69, 9.17) is 21.7 Å². The first kappa shape index (κ1) is 22.3. The Morgan fingerprint density at radius 1 is 1.10 bits per heavy atom. The number of nitrogens with zero attached hydrogens (tertiary/aromatic N) is 2. The summed E-state index contributed by atoms with van der Waals surface area (Å²) < 4.78 is 16.3. The lowest BCUT2D eigenvalue weighted by Gasteiger charge is -2.15. The number of thiocarbonyl (C=S) groups is 1. The largest absolute Gasteiger partial charge is 0.490 e. The van der Waals surface area contributed by atoms with Gasteiger partial charge in [0.2, 0.25) is 0 Å². The molecule has 2 aromatic rings. The summed E-state index contributed by atoms with van der Waals surface area (Å²) in [5.74, 6) is 0.292. The molecule has 162 valence electrons. The van der Waals surface area contributed by atoms with Crippen LogP contribution in [0, 0.1) is 0 Å². The number of amides is 1. The number of esters is 1. The highest BCUT2D eigenvalue weighted by atomic mass is 32.1. The van der Waals surface area contributed by atoms with Crippen LogP contribution in [-0.4, -0.2) is 54.1 Å². The van der Waals surface area contributed by atoms with E-state index >= 15 is 0 Å². The number of carbonyl (C=O) groups is 2. The van der Waals surface area contributed by atoms with Crippen LogP contribution in [0.2, 0.25) is 0 Å². The molecule has 31 heavy (non-hydrogen) atoms. The van der Waals surface area contributed by atoms with Crippen molar-refractivity contribution >= 4 is 35.3 Å². The Labute approximate surface area is 186 Å². The zero-order valence-electron chi connectivity index (χ0n) is 17.7. The number of ether oxygens (including phenoxy) is 3. The normalized spacial score (nSPS) is 14.9. The molecule has 1 fully saturated rings. The fourth-order valence-electron chi connectivity index (χ4n) is 3.04. The van der Waals surface area contributed by atoms with E-state index in [0.717, 1.165) is 11.1 Å². The molecule has 0 aliphatic carbocycles. The van der Waals surface area contributed by atoms with Gasteiger partial charge >= 0.3 is 5.97 Å². The Hall–Kier alpha value is -3.39. The number of methoxy groups -OCH3 is 1. The molecule has 0 aromatic heterocycles. The Morgan fingerprint density at radius 2 is 1.84 bits per heavy atom. The maximum absolute atomic E-state index is 12.8. The van der Waals surface area contributed by atoms with Gasteiger partial charge in [-0.2, -0.15) is 0 Å². The topological polar surface area (TPSA) is 68.3 Å². The monoisotopic (exact) mass is 440 g/mol. The summed E-state index contributed by atoms with van der Waals surface area (Å²) in [5, 5.41) is 0.245. The molecule has 0 unspecified atom stereocenters. The number of likely N-dealkylation sites (N-methyl/N-ethyl adjacent to an activating group) is 1. The van der Waals surface area contributed by atoms with E-state index in [1.165, 1.54) is 12.0 Å². The fraction of sp³-hybridized carbons (Fsp3) is 0.261. The number of carbonyl (C=O) groups excluding carboxylic acids is 2. The van der Waals surface area contributed by atoms with E-state index in [0.29, 0.717) is 30.4 Å². The van der Waals surface area contributed by atoms with Crippen LogP contribution in [0.3, 0.4) is 0 Å². The highest BCUT2D eigenvalue weighted by Gasteiger charge is 2.37. The summed E-state index contributed by atoms with van der Waals surface area (Å²) >= 11 is 5.31. The highest BCUT2D eigenvalue weighted by molar-refractivity contribution is 7.80. The van der Waals surface area contributed by atoms with Crippen molar-refractivity contribution in [3.05, 3.63) is 65.4 Å². The van der Waals surface area contributed by atoms with Crippen LogP contribution in [0.15, 0.2) is 54.2 Å². The lowest BCUT2D eigenvalue weighted by molar-refractivity contribution is -0.143. The minimum absolute atomic E-state index is 0.230. The summed E-state index contributed by atoms with van der Waals surface area (Å²) in [5.41, 5.74) is 2.15. The van der Waals surface area contributed by atoms with Crippen molar-refractivity contribution < 1.29 is 23.8 Å². The third-order valence-electron chi connectivity index (χ3n) is 4.67. The summed E-state index contributed by atoms with van der Waals surface area (Å²) in [6.45, 7) is 2.55. The van der Waals surface area contributed by atoms with Crippen molar-refractivity contribution in [3.8, 4) is 11.5 Å². The molecule has 8 heteroatoms. The molecule has 1 aliphatic heterocycles. The van der Waals surface area contributed by atoms with Gasteiger partial charge in [0, 0.05) is 7.05 Å². The van der Waals surface area contributed by atoms with Crippen molar-refractivity contribution in [2.45, 2.75) is 13.5 Å². The van der Waals surface area contributed by atoms with Crippen LogP contribution in [0.5, 0.6) is 11.5 Å². The lowest BCUT2D eigenvalue weighted by Crippen LogP contribution is -2.36. The van der Waals surface area contributed by atoms with Crippen LogP contribution in [0.25, 0.3) is 6.08 Å². The van der Waals surface area contributed by atoms with Gasteiger partial charge in [-0.1, -0.05) is 36.4 Å². The molecule has 0 saturated carbocycles. The number of hydrogen-bond donors (Lipinski definition) is 0. The SMILES string of the molecule is CCOc1cc(/C=C2/C(=O)N(CC(=O)OC)C(=S)N2C)ccc1OCc1ccccc1. The van der Waals surface area contributed by atoms with E-state index < -0.39 is 5.97 Å². The molecule has 0 bridgehead atoms. The van der Waals surface area contributed by atoms with Crippen LogP contribution in [0.1, 0.15) is 18.1 Å². The molecule has 3 rings (SSSR count). The van der Waals surface area contributed by atoms with E-state index in [9.17, 15) is 9.59 Å². The standard InChI is InChI=1S/C23H24N2O5S/c1-4-29-20-13-17(10-11-19(20)30-15-16-8-6-5-7-9-16)12-18-22(27)25(14-21(26)28-3)23(31)24(18)2/h5-13H,4,14-15H2,1-3H3/b18-12-. The smallest absolute Gasteiger partial charge is 0.325 e. The summed E-state index contributed by atoms with van der Waals surface area (Å²) in [6.07, 6.45) is 1.70. The van der Waals surface area contributed by atoms with Crippen molar-refractivity contribution in [2.24, 2.45) is 0 Å². The molecule has 0 radical (unpaired) electrons. The van der Waals surface area contributed by atoms with E-state index in [-0.39, 0.29) is 17.6 Å². The zero-order valence-corrected chi connectivity index (χ0v) is 18.5. The van der Waals surface area contributed by atoms with E-state index in [2.05, 4.69) is 4.74 Å². The zero-order chi connectivity index (χ0) is 22.4. The van der Waals surface area contributed by atoms with Gasteiger partial charge in [-0.3, -0.25) is 14.5 Å². The van der Waals surface area contributed by atoms with Gasteiger partial charge in [-0.15, -0.1) is 0 Å². The second kappa shape index (κ2) is 10.1. The number of hydrogen-bond acceptors (Lipinski definition) is 6. The summed E-state index contributed by atoms with van der Waals surface area (Å²) in [4.78, 5) is 27.2. The Morgan fingerprint density at radius 3 is 2.52 bits per heavy atom.